The van der Waals surface area contributed by atoms with Gasteiger partial charge in [-0.2, -0.15) is 0 Å². The SMILES string of the molecule is COc1ccc(N2C(=O)c3ccccc3/C2=C/c2ccccc2)cc1. The second-order valence-corrected chi connectivity index (χ2v) is 5.82. The third-order valence-corrected chi connectivity index (χ3v) is 4.31. The van der Waals surface area contributed by atoms with E-state index in [2.05, 4.69) is 0 Å². The molecule has 0 saturated carbocycles. The fourth-order valence-electron chi connectivity index (χ4n) is 3.08. The molecule has 1 amide bonds. The fourth-order valence-corrected chi connectivity index (χ4v) is 3.08. The molecular formula is C22H17NO2. The first-order valence-corrected chi connectivity index (χ1v) is 8.12. The van der Waals surface area contributed by atoms with E-state index >= 15 is 0 Å². The van der Waals surface area contributed by atoms with Crippen LogP contribution in [0.15, 0.2) is 78.9 Å². The summed E-state index contributed by atoms with van der Waals surface area (Å²) >= 11 is 0. The van der Waals surface area contributed by atoms with Gasteiger partial charge in [-0.25, -0.2) is 0 Å². The van der Waals surface area contributed by atoms with Crippen LogP contribution in [0, 0.1) is 0 Å². The van der Waals surface area contributed by atoms with Gasteiger partial charge in [0.15, 0.2) is 0 Å². The molecule has 122 valence electrons. The highest BCUT2D eigenvalue weighted by atomic mass is 16.5. The number of ether oxygens (including phenoxy) is 1. The van der Waals surface area contributed by atoms with E-state index in [1.165, 1.54) is 0 Å². The molecule has 3 heteroatoms. The lowest BCUT2D eigenvalue weighted by Gasteiger charge is -2.19. The van der Waals surface area contributed by atoms with Gasteiger partial charge in [-0.15, -0.1) is 0 Å². The summed E-state index contributed by atoms with van der Waals surface area (Å²) in [6.07, 6.45) is 2.05. The molecule has 1 aliphatic heterocycles. The number of carbonyl (C=O) groups excluding carboxylic acids is 1. The lowest BCUT2D eigenvalue weighted by atomic mass is 10.1. The Labute approximate surface area is 146 Å². The van der Waals surface area contributed by atoms with Crippen LogP contribution >= 0.6 is 0 Å². The molecule has 0 aliphatic carbocycles. The Balaban J connectivity index is 1.86. The number of methoxy groups -OCH3 is 1. The number of fused-ring (bicyclic) bond motifs is 1. The molecule has 0 saturated heterocycles. The van der Waals surface area contributed by atoms with Gasteiger partial charge in [0.1, 0.15) is 5.75 Å². The normalized spacial score (nSPS) is 14.7. The molecule has 0 atom stereocenters. The van der Waals surface area contributed by atoms with Gasteiger partial charge in [-0.05, 0) is 42.0 Å². The first kappa shape index (κ1) is 15.2. The molecule has 25 heavy (non-hydrogen) atoms. The van der Waals surface area contributed by atoms with E-state index in [4.69, 9.17) is 4.74 Å². The summed E-state index contributed by atoms with van der Waals surface area (Å²) in [5.41, 5.74) is 4.44. The highest BCUT2D eigenvalue weighted by Crippen LogP contribution is 2.38. The maximum absolute atomic E-state index is 13.0. The number of rotatable bonds is 3. The number of carbonyl (C=O) groups is 1. The third-order valence-electron chi connectivity index (χ3n) is 4.31. The first-order chi connectivity index (χ1) is 12.3. The van der Waals surface area contributed by atoms with E-state index in [1.807, 2.05) is 84.9 Å². The van der Waals surface area contributed by atoms with E-state index in [0.717, 1.165) is 33.8 Å². The van der Waals surface area contributed by atoms with Crippen molar-refractivity contribution in [2.24, 2.45) is 0 Å². The summed E-state index contributed by atoms with van der Waals surface area (Å²) in [7, 11) is 1.63. The summed E-state index contributed by atoms with van der Waals surface area (Å²) in [4.78, 5) is 14.8. The van der Waals surface area contributed by atoms with Gasteiger partial charge in [0.25, 0.3) is 5.91 Å². The second kappa shape index (κ2) is 6.29. The molecule has 0 unspecified atom stereocenters. The highest BCUT2D eigenvalue weighted by Gasteiger charge is 2.32. The molecule has 1 heterocycles. The number of hydrogen-bond donors (Lipinski definition) is 0. The molecule has 3 aromatic rings. The van der Waals surface area contributed by atoms with Crippen LogP contribution < -0.4 is 9.64 Å². The van der Waals surface area contributed by atoms with Crippen molar-refractivity contribution in [2.75, 3.05) is 12.0 Å². The maximum Gasteiger partial charge on any atom is 0.263 e. The average molecular weight is 327 g/mol. The summed E-state index contributed by atoms with van der Waals surface area (Å²) in [6.45, 7) is 0. The molecule has 0 fully saturated rings. The van der Waals surface area contributed by atoms with Crippen LogP contribution in [0.25, 0.3) is 11.8 Å². The van der Waals surface area contributed by atoms with Crippen molar-refractivity contribution < 1.29 is 9.53 Å². The zero-order valence-corrected chi connectivity index (χ0v) is 13.8. The fraction of sp³-hybridized carbons (Fsp3) is 0.0455. The Kier molecular flexibility index (Phi) is 3.82. The minimum absolute atomic E-state index is 0.0112. The Morgan fingerprint density at radius 3 is 2.12 bits per heavy atom. The number of benzene rings is 3. The van der Waals surface area contributed by atoms with Crippen LogP contribution in [0.1, 0.15) is 21.5 Å². The van der Waals surface area contributed by atoms with Crippen LogP contribution in [0.2, 0.25) is 0 Å². The molecule has 0 spiro atoms. The molecule has 4 rings (SSSR count). The summed E-state index contributed by atoms with van der Waals surface area (Å²) in [6, 6.07) is 25.3. The Bertz CT molecular complexity index is 943. The van der Waals surface area contributed by atoms with E-state index in [0.29, 0.717) is 0 Å². The van der Waals surface area contributed by atoms with Crippen molar-refractivity contribution >= 4 is 23.4 Å². The van der Waals surface area contributed by atoms with Crippen molar-refractivity contribution in [3.05, 3.63) is 95.6 Å². The van der Waals surface area contributed by atoms with Gasteiger partial charge in [0.05, 0.1) is 12.8 Å². The monoisotopic (exact) mass is 327 g/mol. The standard InChI is InChI=1S/C22H17NO2/c1-25-18-13-11-17(12-14-18)23-21(15-16-7-3-2-4-8-16)19-9-5-6-10-20(19)22(23)24/h2-15H,1H3/b21-15-. The second-order valence-electron chi connectivity index (χ2n) is 5.82. The molecule has 3 aromatic carbocycles. The minimum atomic E-state index is -0.0112. The molecule has 0 aromatic heterocycles. The van der Waals surface area contributed by atoms with E-state index < -0.39 is 0 Å². The topological polar surface area (TPSA) is 29.5 Å². The zero-order chi connectivity index (χ0) is 17.2. The largest absolute Gasteiger partial charge is 0.497 e. The van der Waals surface area contributed by atoms with Gasteiger partial charge in [0, 0.05) is 16.8 Å². The van der Waals surface area contributed by atoms with Gasteiger partial charge in [0.2, 0.25) is 0 Å². The highest BCUT2D eigenvalue weighted by molar-refractivity contribution is 6.24. The summed E-state index contributed by atoms with van der Waals surface area (Å²) in [5, 5.41) is 0. The lowest BCUT2D eigenvalue weighted by Crippen LogP contribution is -2.22. The number of hydrogen-bond acceptors (Lipinski definition) is 2. The molecule has 3 nitrogen and oxygen atoms in total. The Morgan fingerprint density at radius 2 is 1.44 bits per heavy atom. The van der Waals surface area contributed by atoms with Gasteiger partial charge in [-0.3, -0.25) is 9.69 Å². The predicted octanol–water partition coefficient (Wildman–Crippen LogP) is 4.85. The minimum Gasteiger partial charge on any atom is -0.497 e. The van der Waals surface area contributed by atoms with Gasteiger partial charge < -0.3 is 4.74 Å². The van der Waals surface area contributed by atoms with Crippen molar-refractivity contribution in [1.29, 1.82) is 0 Å². The summed E-state index contributed by atoms with van der Waals surface area (Å²) in [5.74, 6) is 0.754. The molecule has 0 radical (unpaired) electrons. The zero-order valence-electron chi connectivity index (χ0n) is 13.8. The average Bonchev–Trinajstić information content (AvgIpc) is 2.95. The number of anilines is 1. The first-order valence-electron chi connectivity index (χ1n) is 8.12. The van der Waals surface area contributed by atoms with Crippen LogP contribution in [-0.2, 0) is 0 Å². The predicted molar refractivity (Wildman–Crippen MR) is 101 cm³/mol. The van der Waals surface area contributed by atoms with Crippen molar-refractivity contribution in [3.8, 4) is 5.75 Å². The van der Waals surface area contributed by atoms with Crippen LogP contribution in [-0.4, -0.2) is 13.0 Å². The quantitative estimate of drug-likeness (QED) is 0.688. The summed E-state index contributed by atoms with van der Waals surface area (Å²) < 4.78 is 5.22. The third kappa shape index (κ3) is 2.70. The van der Waals surface area contributed by atoms with Gasteiger partial charge in [-0.1, -0.05) is 48.5 Å². The van der Waals surface area contributed by atoms with E-state index in [1.54, 1.807) is 12.0 Å². The number of nitrogens with zero attached hydrogens (tertiary/aromatic N) is 1. The van der Waals surface area contributed by atoms with Crippen LogP contribution in [0.4, 0.5) is 5.69 Å². The van der Waals surface area contributed by atoms with E-state index in [-0.39, 0.29) is 5.91 Å². The maximum atomic E-state index is 13.0. The smallest absolute Gasteiger partial charge is 0.263 e. The Hall–Kier alpha value is -3.33. The molecular weight excluding hydrogens is 310 g/mol. The molecule has 1 aliphatic rings. The lowest BCUT2D eigenvalue weighted by molar-refractivity contribution is 0.101. The molecule has 0 N–H and O–H groups in total. The van der Waals surface area contributed by atoms with Crippen molar-refractivity contribution in [2.45, 2.75) is 0 Å². The molecule has 0 bridgehead atoms. The van der Waals surface area contributed by atoms with Gasteiger partial charge >= 0.3 is 0 Å². The van der Waals surface area contributed by atoms with Crippen LogP contribution in [0.3, 0.4) is 0 Å². The Morgan fingerprint density at radius 1 is 0.800 bits per heavy atom. The number of amides is 1. The van der Waals surface area contributed by atoms with Crippen LogP contribution in [0.5, 0.6) is 5.75 Å². The van der Waals surface area contributed by atoms with Crippen molar-refractivity contribution in [3.63, 3.8) is 0 Å². The van der Waals surface area contributed by atoms with Crippen molar-refractivity contribution in [1.82, 2.24) is 0 Å². The van der Waals surface area contributed by atoms with E-state index in [9.17, 15) is 4.79 Å².